The highest BCUT2D eigenvalue weighted by Crippen LogP contribution is 2.43. The summed E-state index contributed by atoms with van der Waals surface area (Å²) in [5.74, 6) is 1.14. The molecule has 0 spiro atoms. The van der Waals surface area contributed by atoms with Crippen molar-refractivity contribution in [3.05, 3.63) is 331 Å². The van der Waals surface area contributed by atoms with Crippen molar-refractivity contribution in [3.8, 4) is 95.8 Å². The monoisotopic (exact) mass is 1860 g/mol. The summed E-state index contributed by atoms with van der Waals surface area (Å²) in [6.07, 6.45) is 8.77. The fourth-order valence-corrected chi connectivity index (χ4v) is 13.7. The number of ether oxygens (including phenoxy) is 1. The second kappa shape index (κ2) is 41.8. The Hall–Kier alpha value is -16.1. The minimum Gasteiger partial charge on any atom is -0.497 e. The maximum atomic E-state index is 15.6. The highest BCUT2D eigenvalue weighted by molar-refractivity contribution is 6.30. The summed E-state index contributed by atoms with van der Waals surface area (Å²) < 4.78 is 106. The van der Waals surface area contributed by atoms with Gasteiger partial charge in [0.05, 0.1) is 81.0 Å². The third-order valence-corrected chi connectivity index (χ3v) is 21.0. The number of imidazole rings is 4. The standard InChI is InChI=1S/C26H23F4N5O.C26H26FN5O2.C26H26FN5O.C25H23ClFN5O/c1-25(2,3)23-34-21(15-11-13-31-14-12-15)22(35-23)18-5-4-6-19(20(18)27)33-24(36)32-17-9-7-16(8-10-17)26(28,29)30;1-26(2,3)24-31-22(16-12-14-28-15-13-16)23(32-24)19-6-5-7-20(21(19)27)30-25(33)29-17-8-10-18(34-4)11-9-17;1-16-8-10-18(11-9-16)29-25(33)30-20-7-5-6-19(21(20)27)23-22(17-12-14-28-15-13-17)31-24(32-23)26(2,3)4;1-25(2,3)23-31-21(15-11-13-28-14-12-15)22(32-23)18-5-4-6-19(20(18)27)30-24(33)29-17-9-7-16(26)8-10-17/h4-14H,1-3H3,(H,34,35)(H2,32,33,36);5-15H,1-4H3,(H,31,32)(H2,29,30,33);5-15H,1-4H3,(H,31,32)(H2,29,30,33);4-14H,1-3H3,(H,31,32)(H2,29,30,33). The van der Waals surface area contributed by atoms with Crippen molar-refractivity contribution >= 4 is 81.2 Å². The normalized spacial score (nSPS) is 11.4. The average Bonchev–Trinajstić information content (AvgIpc) is 1.64. The van der Waals surface area contributed by atoms with E-state index in [0.29, 0.717) is 95.9 Å². The number of halogens is 8. The quantitative estimate of drug-likeness (QED) is 0.0378. The van der Waals surface area contributed by atoms with E-state index >= 15 is 17.6 Å². The van der Waals surface area contributed by atoms with Crippen LogP contribution in [0.1, 0.15) is 118 Å². The second-order valence-electron chi connectivity index (χ2n) is 35.3. The molecule has 0 aliphatic carbocycles. The van der Waals surface area contributed by atoms with Crippen LogP contribution in [-0.4, -0.2) is 91.0 Å². The van der Waals surface area contributed by atoms with Crippen LogP contribution in [0.25, 0.3) is 90.1 Å². The van der Waals surface area contributed by atoms with E-state index in [2.05, 4.69) is 82.4 Å². The fraction of sp³-hybridized carbons (Fsp3) is 0.184. The molecule has 136 heavy (non-hydrogen) atoms. The van der Waals surface area contributed by atoms with Crippen molar-refractivity contribution in [1.29, 1.82) is 0 Å². The largest absolute Gasteiger partial charge is 0.497 e. The summed E-state index contributed by atoms with van der Waals surface area (Å²) in [5, 5.41) is 21.2. The van der Waals surface area contributed by atoms with Gasteiger partial charge in [0, 0.05) is 144 Å². The highest BCUT2D eigenvalue weighted by Gasteiger charge is 2.33. The summed E-state index contributed by atoms with van der Waals surface area (Å²) in [7, 11) is 1.56. The molecule has 25 nitrogen and oxygen atoms in total. The number of amides is 8. The molecule has 0 atom stereocenters. The second-order valence-corrected chi connectivity index (χ2v) is 35.8. The van der Waals surface area contributed by atoms with Gasteiger partial charge in [-0.05, 0) is 189 Å². The van der Waals surface area contributed by atoms with E-state index in [4.69, 9.17) is 36.3 Å². The minimum absolute atomic E-state index is 0.0477. The first-order valence-electron chi connectivity index (χ1n) is 42.8. The molecule has 33 heteroatoms. The molecule has 0 aliphatic heterocycles. The number of aryl methyl sites for hydroxylation is 1. The zero-order valence-corrected chi connectivity index (χ0v) is 77.3. The number of urea groups is 4. The zero-order valence-electron chi connectivity index (χ0n) is 76.5. The van der Waals surface area contributed by atoms with Crippen molar-refractivity contribution in [2.24, 2.45) is 0 Å². The molecule has 8 aromatic carbocycles. The van der Waals surface area contributed by atoms with Gasteiger partial charge in [-0.2, -0.15) is 13.2 Å². The van der Waals surface area contributed by atoms with Crippen LogP contribution in [0.2, 0.25) is 5.02 Å². The number of hydrogen-bond acceptors (Lipinski definition) is 13. The molecule has 16 aromatic rings. The van der Waals surface area contributed by atoms with Crippen LogP contribution in [0, 0.1) is 30.2 Å². The molecule has 696 valence electrons. The minimum atomic E-state index is -4.49. The van der Waals surface area contributed by atoms with Gasteiger partial charge in [0.2, 0.25) is 0 Å². The maximum Gasteiger partial charge on any atom is 0.416 e. The summed E-state index contributed by atoms with van der Waals surface area (Å²) >= 11 is 5.87. The Morgan fingerprint density at radius 2 is 0.537 bits per heavy atom. The number of carbonyl (C=O) groups excluding carboxylic acids is 4. The average molecular weight is 1860 g/mol. The number of H-pyrrole nitrogens is 4. The van der Waals surface area contributed by atoms with E-state index in [1.165, 1.54) is 24.3 Å². The van der Waals surface area contributed by atoms with Crippen molar-refractivity contribution < 1.29 is 54.6 Å². The van der Waals surface area contributed by atoms with Crippen LogP contribution < -0.4 is 47.3 Å². The van der Waals surface area contributed by atoms with Crippen LogP contribution in [0.5, 0.6) is 5.75 Å². The molecule has 16 rings (SSSR count). The van der Waals surface area contributed by atoms with E-state index in [1.54, 1.807) is 178 Å². The van der Waals surface area contributed by atoms with Gasteiger partial charge in [0.1, 0.15) is 29.0 Å². The summed E-state index contributed by atoms with van der Waals surface area (Å²) in [6, 6.07) is 56.0. The number of aromatic nitrogens is 12. The molecule has 0 saturated heterocycles. The van der Waals surface area contributed by atoms with Crippen LogP contribution >= 0.6 is 11.6 Å². The Balaban J connectivity index is 0.000000153. The van der Waals surface area contributed by atoms with Crippen molar-refractivity contribution in [2.45, 2.75) is 118 Å². The van der Waals surface area contributed by atoms with Gasteiger partial charge < -0.3 is 67.2 Å². The third kappa shape index (κ3) is 24.6. The van der Waals surface area contributed by atoms with Gasteiger partial charge in [0.15, 0.2) is 23.3 Å². The third-order valence-electron chi connectivity index (χ3n) is 20.8. The number of benzene rings is 8. The molecule has 0 radical (unpaired) electrons. The molecule has 8 heterocycles. The van der Waals surface area contributed by atoms with E-state index in [9.17, 15) is 32.3 Å². The number of rotatable bonds is 17. The van der Waals surface area contributed by atoms with Gasteiger partial charge in [-0.15, -0.1) is 0 Å². The maximum absolute atomic E-state index is 15.6. The van der Waals surface area contributed by atoms with Crippen molar-refractivity contribution in [3.63, 3.8) is 0 Å². The Labute approximate surface area is 785 Å². The van der Waals surface area contributed by atoms with E-state index in [1.807, 2.05) is 139 Å². The Kier molecular flexibility index (Phi) is 29.9. The van der Waals surface area contributed by atoms with Crippen LogP contribution in [0.4, 0.5) is 95.4 Å². The number of nitrogens with one attached hydrogen (secondary N) is 12. The fourth-order valence-electron chi connectivity index (χ4n) is 13.6. The first kappa shape index (κ1) is 97.4. The van der Waals surface area contributed by atoms with Crippen molar-refractivity contribution in [1.82, 2.24) is 59.8 Å². The van der Waals surface area contributed by atoms with Crippen LogP contribution in [0.3, 0.4) is 0 Å². The molecule has 0 bridgehead atoms. The number of methoxy groups -OCH3 is 1. The molecule has 0 unspecified atom stereocenters. The van der Waals surface area contributed by atoms with Gasteiger partial charge in [0.25, 0.3) is 0 Å². The SMILES string of the molecule is CC(C)(C)c1nc(-c2ccncc2)c(-c2cccc(NC(=O)Nc3ccc(C(F)(F)F)cc3)c2F)[nH]1.CC(C)(C)c1nc(-c2ccncc2)c(-c2cccc(NC(=O)Nc3ccc(Cl)cc3)c2F)[nH]1.COc1ccc(NC(=O)Nc2cccc(-c3[nH]c(C(C)(C)C)nc3-c3ccncc3)c2F)cc1.Cc1ccc(NC(=O)Nc2cccc(-c3[nH]c(C(C)(C)C)nc3-c3ccncc3)c2F)cc1. The van der Waals surface area contributed by atoms with Gasteiger partial charge in [-0.3, -0.25) is 19.9 Å². The first-order valence-corrected chi connectivity index (χ1v) is 43.2. The molecule has 0 saturated carbocycles. The number of aromatic amines is 4. The van der Waals surface area contributed by atoms with Crippen molar-refractivity contribution in [2.75, 3.05) is 49.6 Å². The molecule has 8 aromatic heterocycles. The summed E-state index contributed by atoms with van der Waals surface area (Å²) in [6.45, 7) is 26.2. The Morgan fingerprint density at radius 1 is 0.309 bits per heavy atom. The van der Waals surface area contributed by atoms with E-state index in [-0.39, 0.29) is 55.7 Å². The number of anilines is 8. The molecule has 0 fully saturated rings. The predicted octanol–water partition coefficient (Wildman–Crippen LogP) is 26.9. The summed E-state index contributed by atoms with van der Waals surface area (Å²) in [5.41, 5.74) is 9.74. The Bertz CT molecular complexity index is 6680. The number of nitrogens with zero attached hydrogens (tertiary/aromatic N) is 8. The first-order chi connectivity index (χ1) is 64.6. The van der Waals surface area contributed by atoms with Crippen LogP contribution in [0.15, 0.2) is 268 Å². The number of alkyl halides is 3. The Morgan fingerprint density at radius 3 is 0.765 bits per heavy atom. The predicted molar refractivity (Wildman–Crippen MR) is 521 cm³/mol. The summed E-state index contributed by atoms with van der Waals surface area (Å²) in [4.78, 5) is 98.2. The zero-order chi connectivity index (χ0) is 97.6. The molecular weight excluding hydrogens is 1770 g/mol. The smallest absolute Gasteiger partial charge is 0.416 e. The molecule has 0 aliphatic rings. The van der Waals surface area contributed by atoms with E-state index in [0.717, 1.165) is 69.6 Å². The molecule has 8 amide bonds. The highest BCUT2D eigenvalue weighted by atomic mass is 35.5. The van der Waals surface area contributed by atoms with Gasteiger partial charge in [-0.25, -0.2) is 56.7 Å². The van der Waals surface area contributed by atoms with Gasteiger partial charge >= 0.3 is 30.3 Å². The molecule has 12 N–H and O–H groups in total. The van der Waals surface area contributed by atoms with Gasteiger partial charge in [-0.1, -0.05) is 137 Å². The number of carbonyl (C=O) groups is 4. The lowest BCUT2D eigenvalue weighted by Crippen LogP contribution is -2.20. The number of pyridine rings is 4. The lowest BCUT2D eigenvalue weighted by Gasteiger charge is -2.14. The van der Waals surface area contributed by atoms with E-state index < -0.39 is 59.1 Å². The number of hydrogen-bond donors (Lipinski definition) is 12. The lowest BCUT2D eigenvalue weighted by molar-refractivity contribution is -0.137. The lowest BCUT2D eigenvalue weighted by atomic mass is 9.96. The van der Waals surface area contributed by atoms with Crippen LogP contribution in [-0.2, 0) is 27.8 Å². The molecular formula is C103H98ClF7N20O5. The topological polar surface area (TPSA) is 340 Å².